The van der Waals surface area contributed by atoms with Crippen molar-refractivity contribution in [2.75, 3.05) is 0 Å². The molecule has 0 amide bonds. The van der Waals surface area contributed by atoms with E-state index >= 15 is 0 Å². The summed E-state index contributed by atoms with van der Waals surface area (Å²) in [5.41, 5.74) is 0.834. The Balaban J connectivity index is 2.43. The van der Waals surface area contributed by atoms with Crippen LogP contribution in [0.5, 0.6) is 0 Å². The lowest BCUT2D eigenvalue weighted by Gasteiger charge is -2.23. The molecule has 0 N–H and O–H groups in total. The molecule has 2 aromatic rings. The Hall–Kier alpha value is -1.39. The zero-order valence-electron chi connectivity index (χ0n) is 9.75. The molecule has 0 aliphatic heterocycles. The zero-order valence-corrected chi connectivity index (χ0v) is 11.3. The second kappa shape index (κ2) is 6.17. The normalized spacial score (nSPS) is 13.8. The number of hydrogen-bond acceptors (Lipinski definition) is 3. The quantitative estimate of drug-likeness (QED) is 0.361. The Morgan fingerprint density at radius 1 is 0.947 bits per heavy atom. The van der Waals surface area contributed by atoms with Crippen LogP contribution in [0.1, 0.15) is 15.9 Å². The number of carbonyl (C=O) groups is 1. The third-order valence-electron chi connectivity index (χ3n) is 2.62. The Morgan fingerprint density at radius 2 is 1.47 bits per heavy atom. The minimum Gasteiger partial charge on any atom is -0.289 e. The number of rotatable bonds is 5. The third-order valence-corrected chi connectivity index (χ3v) is 3.14. The van der Waals surface area contributed by atoms with Gasteiger partial charge in [-0.3, -0.25) is 4.79 Å². The molecule has 0 fully saturated rings. The van der Waals surface area contributed by atoms with Crippen molar-refractivity contribution in [3.63, 3.8) is 0 Å². The van der Waals surface area contributed by atoms with Gasteiger partial charge in [-0.25, -0.2) is 0 Å². The highest BCUT2D eigenvalue weighted by atomic mass is 35.5. The number of carbonyl (C=O) groups excluding carboxylic acids is 1. The lowest BCUT2D eigenvalue weighted by Crippen LogP contribution is -2.32. The summed E-state index contributed by atoms with van der Waals surface area (Å²) in [6, 6.07) is 17.1. The molecular formula is C14H10Cl2O3. The van der Waals surface area contributed by atoms with Gasteiger partial charge >= 0.3 is 0 Å². The molecule has 2 rings (SSSR count). The van der Waals surface area contributed by atoms with Gasteiger partial charge in [0, 0.05) is 11.1 Å². The molecule has 98 valence electrons. The van der Waals surface area contributed by atoms with Crippen LogP contribution in [0.3, 0.4) is 0 Å². The highest BCUT2D eigenvalue weighted by Crippen LogP contribution is 2.35. The Morgan fingerprint density at radius 3 is 2.00 bits per heavy atom. The summed E-state index contributed by atoms with van der Waals surface area (Å²) >= 11 is 11.4. The molecule has 0 aromatic heterocycles. The minimum absolute atomic E-state index is 0.398. The number of ketones is 1. The first kappa shape index (κ1) is 14.0. The van der Waals surface area contributed by atoms with Crippen molar-refractivity contribution in [3.8, 4) is 0 Å². The van der Waals surface area contributed by atoms with Crippen LogP contribution in [0.2, 0.25) is 0 Å². The number of halogens is 2. The summed E-state index contributed by atoms with van der Waals surface area (Å²) in [4.78, 5) is 17.3. The number of alkyl halides is 1. The van der Waals surface area contributed by atoms with E-state index in [1.54, 1.807) is 60.7 Å². The van der Waals surface area contributed by atoms with Gasteiger partial charge in [0.15, 0.2) is 0 Å². The van der Waals surface area contributed by atoms with Gasteiger partial charge in [0.2, 0.25) is 5.78 Å². The second-order valence-electron chi connectivity index (χ2n) is 3.80. The minimum atomic E-state index is -1.82. The fraction of sp³-hybridized carbons (Fsp3) is 0.0714. The fourth-order valence-electron chi connectivity index (χ4n) is 1.69. The molecule has 0 aliphatic rings. The van der Waals surface area contributed by atoms with Crippen LogP contribution in [0.15, 0.2) is 60.7 Å². The molecular weight excluding hydrogens is 287 g/mol. The topological polar surface area (TPSA) is 35.5 Å². The molecule has 19 heavy (non-hydrogen) atoms. The molecule has 0 unspecified atom stereocenters. The van der Waals surface area contributed by atoms with Gasteiger partial charge in [-0.1, -0.05) is 72.3 Å². The van der Waals surface area contributed by atoms with Crippen molar-refractivity contribution in [1.82, 2.24) is 0 Å². The summed E-state index contributed by atoms with van der Waals surface area (Å²) in [5, 5.41) is -1.82. The predicted molar refractivity (Wildman–Crippen MR) is 72.8 cm³/mol. The number of benzene rings is 2. The van der Waals surface area contributed by atoms with Gasteiger partial charge in [-0.15, -0.1) is 4.44 Å². The third kappa shape index (κ3) is 2.96. The summed E-state index contributed by atoms with van der Waals surface area (Å²) in [6.45, 7) is 0. The molecule has 0 saturated heterocycles. The first-order valence-electron chi connectivity index (χ1n) is 5.49. The van der Waals surface area contributed by atoms with Crippen molar-refractivity contribution < 1.29 is 14.1 Å². The molecule has 1 atom stereocenters. The van der Waals surface area contributed by atoms with E-state index in [1.165, 1.54) is 0 Å². The average molecular weight is 297 g/mol. The van der Waals surface area contributed by atoms with Gasteiger partial charge in [0.05, 0.1) is 0 Å². The van der Waals surface area contributed by atoms with Crippen molar-refractivity contribution in [1.29, 1.82) is 0 Å². The maximum atomic E-state index is 12.5. The van der Waals surface area contributed by atoms with E-state index in [-0.39, 0.29) is 0 Å². The molecule has 0 saturated carbocycles. The van der Waals surface area contributed by atoms with Gasteiger partial charge < -0.3 is 0 Å². The van der Waals surface area contributed by atoms with E-state index in [0.29, 0.717) is 11.1 Å². The number of hydrogen-bond donors (Lipinski definition) is 0. The maximum absolute atomic E-state index is 12.5. The van der Waals surface area contributed by atoms with Crippen LogP contribution in [0.25, 0.3) is 0 Å². The van der Waals surface area contributed by atoms with Crippen LogP contribution in [0.4, 0.5) is 0 Å². The monoisotopic (exact) mass is 296 g/mol. The second-order valence-corrected chi connectivity index (χ2v) is 4.46. The standard InChI is InChI=1S/C14H10Cl2O3/c15-14(18-19-16,12-9-5-2-6-10-12)13(17)11-7-3-1-4-8-11/h1-10H/t14-/m0/s1. The molecule has 0 radical (unpaired) electrons. The molecule has 0 heterocycles. The van der Waals surface area contributed by atoms with Gasteiger partial charge in [-0.2, -0.15) is 4.89 Å². The van der Waals surface area contributed by atoms with Crippen LogP contribution >= 0.6 is 23.5 Å². The number of Topliss-reactive ketones (excluding diaryl/α,β-unsaturated/α-hetero) is 1. The Kier molecular flexibility index (Phi) is 4.56. The predicted octanol–water partition coefficient (Wildman–Crippen LogP) is 4.06. The largest absolute Gasteiger partial charge is 0.289 e. The lowest BCUT2D eigenvalue weighted by atomic mass is 9.99. The molecule has 0 aliphatic carbocycles. The average Bonchev–Trinajstić information content (AvgIpc) is 2.48. The van der Waals surface area contributed by atoms with E-state index in [0.717, 1.165) is 0 Å². The maximum Gasteiger partial charge on any atom is 0.265 e. The summed E-state index contributed by atoms with van der Waals surface area (Å²) in [6.07, 6.45) is 0. The zero-order chi connectivity index (χ0) is 13.7. The van der Waals surface area contributed by atoms with E-state index in [1.807, 2.05) is 0 Å². The lowest BCUT2D eigenvalue weighted by molar-refractivity contribution is -0.246. The van der Waals surface area contributed by atoms with Crippen LogP contribution in [-0.2, 0) is 14.4 Å². The van der Waals surface area contributed by atoms with Crippen LogP contribution in [-0.4, -0.2) is 5.78 Å². The van der Waals surface area contributed by atoms with E-state index in [4.69, 9.17) is 28.4 Å². The summed E-state index contributed by atoms with van der Waals surface area (Å²) < 4.78 is 4.12. The Bertz CT molecular complexity index is 545. The summed E-state index contributed by atoms with van der Waals surface area (Å²) in [5.74, 6) is -0.457. The smallest absolute Gasteiger partial charge is 0.265 e. The molecule has 0 bridgehead atoms. The van der Waals surface area contributed by atoms with E-state index < -0.39 is 10.8 Å². The molecule has 2 aromatic carbocycles. The first-order valence-corrected chi connectivity index (χ1v) is 6.18. The van der Waals surface area contributed by atoms with E-state index in [2.05, 4.69) is 4.44 Å². The fourth-order valence-corrected chi connectivity index (χ4v) is 2.08. The Labute approximate surface area is 120 Å². The van der Waals surface area contributed by atoms with Crippen molar-refractivity contribution >= 4 is 29.3 Å². The van der Waals surface area contributed by atoms with Crippen molar-refractivity contribution in [3.05, 3.63) is 71.8 Å². The van der Waals surface area contributed by atoms with Crippen molar-refractivity contribution in [2.24, 2.45) is 0 Å². The van der Waals surface area contributed by atoms with E-state index in [9.17, 15) is 4.79 Å². The van der Waals surface area contributed by atoms with Crippen LogP contribution < -0.4 is 0 Å². The van der Waals surface area contributed by atoms with Gasteiger partial charge in [-0.05, 0) is 0 Å². The highest BCUT2D eigenvalue weighted by Gasteiger charge is 2.41. The van der Waals surface area contributed by atoms with Crippen LogP contribution in [0, 0.1) is 0 Å². The highest BCUT2D eigenvalue weighted by molar-refractivity contribution is 6.36. The van der Waals surface area contributed by atoms with Crippen molar-refractivity contribution in [2.45, 2.75) is 5.06 Å². The summed E-state index contributed by atoms with van der Waals surface area (Å²) in [7, 11) is 0. The van der Waals surface area contributed by atoms with Gasteiger partial charge in [0.1, 0.15) is 11.9 Å². The molecule has 3 nitrogen and oxygen atoms in total. The molecule has 5 heteroatoms. The molecule has 0 spiro atoms. The van der Waals surface area contributed by atoms with Gasteiger partial charge in [0.25, 0.3) is 5.06 Å². The SMILES string of the molecule is O=C(c1ccccc1)[C@@](Cl)(OOCl)c1ccccc1. The first-order chi connectivity index (χ1) is 9.18.